The number of carbonyl (C=O) groups excluding carboxylic acids is 1. The van der Waals surface area contributed by atoms with E-state index in [4.69, 9.17) is 9.52 Å². The van der Waals surface area contributed by atoms with Crippen LogP contribution in [-0.2, 0) is 9.59 Å². The summed E-state index contributed by atoms with van der Waals surface area (Å²) >= 11 is 0. The van der Waals surface area contributed by atoms with Gasteiger partial charge in [0, 0.05) is 24.5 Å². The lowest BCUT2D eigenvalue weighted by atomic mass is 10.00. The highest BCUT2D eigenvalue weighted by Gasteiger charge is 2.30. The molecule has 1 aliphatic heterocycles. The number of likely N-dealkylation sites (N-methyl/N-ethyl adjacent to an activating group) is 1. The summed E-state index contributed by atoms with van der Waals surface area (Å²) in [4.78, 5) is 27.7. The lowest BCUT2D eigenvalue weighted by molar-refractivity contribution is -0.140. The number of carbonyl (C=O) groups is 2. The van der Waals surface area contributed by atoms with Crippen LogP contribution in [0.5, 0.6) is 0 Å². The van der Waals surface area contributed by atoms with Crippen LogP contribution in [0.2, 0.25) is 0 Å². The Balaban J connectivity index is 1.61. The molecule has 1 saturated heterocycles. The standard InChI is InChI=1S/C20H26N2O4/c1-3-21(13-19(23)24)16-8-10-22(11-9-16)20(25)14(2)18-12-15-6-4-5-7-17(15)26-18/h4-7,12,14,16H,3,8-11,13H2,1-2H3,(H,23,24). The molecule has 0 bridgehead atoms. The summed E-state index contributed by atoms with van der Waals surface area (Å²) in [7, 11) is 0. The zero-order valence-corrected chi connectivity index (χ0v) is 15.4. The van der Waals surface area contributed by atoms with E-state index in [1.54, 1.807) is 0 Å². The van der Waals surface area contributed by atoms with Gasteiger partial charge in [0.2, 0.25) is 5.91 Å². The molecular formula is C20H26N2O4. The number of para-hydroxylation sites is 1. The number of hydrogen-bond donors (Lipinski definition) is 1. The molecule has 6 nitrogen and oxygen atoms in total. The maximum Gasteiger partial charge on any atom is 0.317 e. The number of likely N-dealkylation sites (tertiary alicyclic amines) is 1. The first-order valence-corrected chi connectivity index (χ1v) is 9.22. The molecule has 0 saturated carbocycles. The molecule has 1 amide bonds. The summed E-state index contributed by atoms with van der Waals surface area (Å²) in [5, 5.41) is 10.0. The summed E-state index contributed by atoms with van der Waals surface area (Å²) in [6.45, 7) is 5.94. The second-order valence-electron chi connectivity index (χ2n) is 6.92. The average molecular weight is 358 g/mol. The van der Waals surface area contributed by atoms with Crippen molar-refractivity contribution in [1.29, 1.82) is 0 Å². The number of furan rings is 1. The summed E-state index contributed by atoms with van der Waals surface area (Å²) < 4.78 is 5.84. The highest BCUT2D eigenvalue weighted by atomic mass is 16.4. The Morgan fingerprint density at radius 2 is 2.00 bits per heavy atom. The van der Waals surface area contributed by atoms with E-state index in [-0.39, 0.29) is 24.4 Å². The Kier molecular flexibility index (Phi) is 5.61. The van der Waals surface area contributed by atoms with Gasteiger partial charge >= 0.3 is 5.97 Å². The maximum atomic E-state index is 12.9. The summed E-state index contributed by atoms with van der Waals surface area (Å²) in [5.41, 5.74) is 0.799. The van der Waals surface area contributed by atoms with E-state index in [0.717, 1.165) is 23.8 Å². The van der Waals surface area contributed by atoms with Crippen molar-refractivity contribution in [1.82, 2.24) is 9.80 Å². The lowest BCUT2D eigenvalue weighted by Gasteiger charge is -2.38. The topological polar surface area (TPSA) is 74.0 Å². The largest absolute Gasteiger partial charge is 0.480 e. The molecular weight excluding hydrogens is 332 g/mol. The molecule has 3 rings (SSSR count). The lowest BCUT2D eigenvalue weighted by Crippen LogP contribution is -2.48. The minimum absolute atomic E-state index is 0.0600. The molecule has 6 heteroatoms. The average Bonchev–Trinajstić information content (AvgIpc) is 3.09. The normalized spacial score (nSPS) is 17.0. The number of benzene rings is 1. The number of carboxylic acid groups (broad SMARTS) is 1. The van der Waals surface area contributed by atoms with Crippen molar-refractivity contribution < 1.29 is 19.1 Å². The summed E-state index contributed by atoms with van der Waals surface area (Å²) in [6.07, 6.45) is 1.61. The Hall–Kier alpha value is -2.34. The fourth-order valence-electron chi connectivity index (χ4n) is 3.74. The minimum atomic E-state index is -0.802. The molecule has 0 spiro atoms. The number of aliphatic carboxylic acids is 1. The van der Waals surface area contributed by atoms with Crippen LogP contribution in [0.3, 0.4) is 0 Å². The van der Waals surface area contributed by atoms with Gasteiger partial charge in [0.05, 0.1) is 12.5 Å². The van der Waals surface area contributed by atoms with Crippen LogP contribution >= 0.6 is 0 Å². The van der Waals surface area contributed by atoms with E-state index >= 15 is 0 Å². The molecule has 1 aliphatic rings. The highest BCUT2D eigenvalue weighted by Crippen LogP contribution is 2.27. The van der Waals surface area contributed by atoms with Crippen LogP contribution in [-0.4, -0.2) is 59.0 Å². The molecule has 2 heterocycles. The van der Waals surface area contributed by atoms with E-state index in [2.05, 4.69) is 0 Å². The van der Waals surface area contributed by atoms with Crippen molar-refractivity contribution in [2.75, 3.05) is 26.2 Å². The van der Waals surface area contributed by atoms with Crippen LogP contribution in [0.25, 0.3) is 11.0 Å². The van der Waals surface area contributed by atoms with Crippen LogP contribution in [0, 0.1) is 0 Å². The van der Waals surface area contributed by atoms with E-state index in [1.807, 2.05) is 54.0 Å². The number of rotatable bonds is 6. The first-order valence-electron chi connectivity index (χ1n) is 9.22. The Bertz CT molecular complexity index is 744. The molecule has 26 heavy (non-hydrogen) atoms. The van der Waals surface area contributed by atoms with Crippen LogP contribution in [0.1, 0.15) is 38.4 Å². The Morgan fingerprint density at radius 1 is 1.31 bits per heavy atom. The van der Waals surface area contributed by atoms with Gasteiger partial charge in [-0.1, -0.05) is 25.1 Å². The van der Waals surface area contributed by atoms with Gasteiger partial charge in [0.15, 0.2) is 0 Å². The molecule has 0 aliphatic carbocycles. The highest BCUT2D eigenvalue weighted by molar-refractivity contribution is 5.85. The SMILES string of the molecule is CCN(CC(=O)O)C1CCN(C(=O)C(C)c2cc3ccccc3o2)CC1. The fraction of sp³-hybridized carbons (Fsp3) is 0.500. The molecule has 1 aromatic heterocycles. The summed E-state index contributed by atoms with van der Waals surface area (Å²) in [5.74, 6) is -0.354. The van der Waals surface area contributed by atoms with Gasteiger partial charge in [0.1, 0.15) is 11.3 Å². The van der Waals surface area contributed by atoms with Gasteiger partial charge in [-0.3, -0.25) is 14.5 Å². The van der Waals surface area contributed by atoms with E-state index in [1.165, 1.54) is 0 Å². The molecule has 1 N–H and O–H groups in total. The number of carboxylic acids is 1. The van der Waals surface area contributed by atoms with Crippen molar-refractivity contribution in [3.05, 3.63) is 36.1 Å². The van der Waals surface area contributed by atoms with Gasteiger partial charge in [-0.2, -0.15) is 0 Å². The fourth-order valence-corrected chi connectivity index (χ4v) is 3.74. The van der Waals surface area contributed by atoms with Crippen molar-refractivity contribution in [3.63, 3.8) is 0 Å². The van der Waals surface area contributed by atoms with Gasteiger partial charge in [-0.15, -0.1) is 0 Å². The number of amides is 1. The molecule has 1 fully saturated rings. The van der Waals surface area contributed by atoms with Gasteiger partial charge in [0.25, 0.3) is 0 Å². The van der Waals surface area contributed by atoms with Crippen molar-refractivity contribution in [2.45, 2.75) is 38.6 Å². The molecule has 1 unspecified atom stereocenters. The van der Waals surface area contributed by atoms with Crippen molar-refractivity contribution in [2.24, 2.45) is 0 Å². The van der Waals surface area contributed by atoms with Crippen LogP contribution < -0.4 is 0 Å². The monoisotopic (exact) mass is 358 g/mol. The van der Waals surface area contributed by atoms with Crippen molar-refractivity contribution >= 4 is 22.8 Å². The third-order valence-corrected chi connectivity index (χ3v) is 5.28. The van der Waals surface area contributed by atoms with Gasteiger partial charge in [-0.05, 0) is 38.4 Å². The molecule has 140 valence electrons. The van der Waals surface area contributed by atoms with E-state index in [9.17, 15) is 9.59 Å². The molecule has 2 aromatic rings. The molecule has 0 radical (unpaired) electrons. The predicted octanol–water partition coefficient (Wildman–Crippen LogP) is 2.93. The quantitative estimate of drug-likeness (QED) is 0.859. The third kappa shape index (κ3) is 3.90. The summed E-state index contributed by atoms with van der Waals surface area (Å²) in [6, 6.07) is 9.92. The Morgan fingerprint density at radius 3 is 2.62 bits per heavy atom. The minimum Gasteiger partial charge on any atom is -0.480 e. The number of nitrogens with zero attached hydrogens (tertiary/aromatic N) is 2. The number of hydrogen-bond acceptors (Lipinski definition) is 4. The second-order valence-corrected chi connectivity index (χ2v) is 6.92. The van der Waals surface area contributed by atoms with Crippen LogP contribution in [0.4, 0.5) is 0 Å². The number of piperidine rings is 1. The van der Waals surface area contributed by atoms with Crippen molar-refractivity contribution in [3.8, 4) is 0 Å². The molecule has 1 atom stereocenters. The zero-order chi connectivity index (χ0) is 18.7. The second kappa shape index (κ2) is 7.91. The smallest absolute Gasteiger partial charge is 0.317 e. The number of fused-ring (bicyclic) bond motifs is 1. The zero-order valence-electron chi connectivity index (χ0n) is 15.4. The van der Waals surface area contributed by atoms with E-state index in [0.29, 0.717) is 25.4 Å². The predicted molar refractivity (Wildman–Crippen MR) is 99.1 cm³/mol. The first-order chi connectivity index (χ1) is 12.5. The van der Waals surface area contributed by atoms with Gasteiger partial charge in [-0.25, -0.2) is 0 Å². The maximum absolute atomic E-state index is 12.9. The van der Waals surface area contributed by atoms with Gasteiger partial charge < -0.3 is 14.4 Å². The molecule has 1 aromatic carbocycles. The Labute approximate surface area is 153 Å². The van der Waals surface area contributed by atoms with Crippen LogP contribution in [0.15, 0.2) is 34.7 Å². The first kappa shape index (κ1) is 18.5. The van der Waals surface area contributed by atoms with E-state index < -0.39 is 5.97 Å². The third-order valence-electron chi connectivity index (χ3n) is 5.28.